The van der Waals surface area contributed by atoms with E-state index in [-0.39, 0.29) is 10.7 Å². The number of hydrogen-bond acceptors (Lipinski definition) is 3. The summed E-state index contributed by atoms with van der Waals surface area (Å²) in [5.74, 6) is -0.0821. The van der Waals surface area contributed by atoms with E-state index in [0.717, 1.165) is 3.57 Å². The maximum absolute atomic E-state index is 12.4. The van der Waals surface area contributed by atoms with Crippen LogP contribution >= 0.6 is 22.6 Å². The van der Waals surface area contributed by atoms with E-state index in [4.69, 9.17) is 0 Å². The maximum Gasteiger partial charge on any atom is 0.261 e. The molecule has 0 saturated carbocycles. The van der Waals surface area contributed by atoms with E-state index in [1.54, 1.807) is 31.2 Å². The summed E-state index contributed by atoms with van der Waals surface area (Å²) < 4.78 is 28.1. The summed E-state index contributed by atoms with van der Waals surface area (Å²) in [6, 6.07) is 13.2. The van der Waals surface area contributed by atoms with E-state index in [9.17, 15) is 13.2 Å². The highest BCUT2D eigenvalue weighted by Gasteiger charge is 2.17. The van der Waals surface area contributed by atoms with Gasteiger partial charge in [0.05, 0.1) is 10.6 Å². The number of sulfonamides is 1. The number of nitrogens with one attached hydrogen (secondary N) is 1. The third-order valence-corrected chi connectivity index (χ3v) is 5.21. The Morgan fingerprint density at radius 1 is 1.14 bits per heavy atom. The van der Waals surface area contributed by atoms with Gasteiger partial charge in [-0.15, -0.1) is 0 Å². The van der Waals surface area contributed by atoms with Gasteiger partial charge in [-0.1, -0.05) is 31.2 Å². The largest absolute Gasteiger partial charge is 0.294 e. The zero-order valence-corrected chi connectivity index (χ0v) is 14.3. The van der Waals surface area contributed by atoms with Gasteiger partial charge in [0, 0.05) is 15.6 Å². The fourth-order valence-electron chi connectivity index (χ4n) is 1.79. The minimum Gasteiger partial charge on any atom is -0.294 e. The Morgan fingerprint density at radius 2 is 1.86 bits per heavy atom. The van der Waals surface area contributed by atoms with Gasteiger partial charge in [0.15, 0.2) is 5.78 Å². The molecule has 0 saturated heterocycles. The summed E-state index contributed by atoms with van der Waals surface area (Å²) in [7, 11) is -3.71. The van der Waals surface area contributed by atoms with Crippen LogP contribution in [0.15, 0.2) is 53.4 Å². The lowest BCUT2D eigenvalue weighted by atomic mass is 10.1. The molecule has 0 amide bonds. The van der Waals surface area contributed by atoms with Crippen molar-refractivity contribution in [3.63, 3.8) is 0 Å². The predicted molar refractivity (Wildman–Crippen MR) is 91.0 cm³/mol. The van der Waals surface area contributed by atoms with Crippen molar-refractivity contribution in [2.45, 2.75) is 18.2 Å². The van der Waals surface area contributed by atoms with Gasteiger partial charge in [-0.3, -0.25) is 9.52 Å². The van der Waals surface area contributed by atoms with E-state index in [1.165, 1.54) is 12.1 Å². The summed E-state index contributed by atoms with van der Waals surface area (Å²) >= 11 is 2.06. The van der Waals surface area contributed by atoms with Crippen molar-refractivity contribution in [2.75, 3.05) is 4.72 Å². The van der Waals surface area contributed by atoms with Crippen LogP contribution in [0.25, 0.3) is 0 Å². The van der Waals surface area contributed by atoms with Crippen molar-refractivity contribution in [3.05, 3.63) is 57.7 Å². The first-order valence-corrected chi connectivity index (χ1v) is 8.91. The molecule has 0 bridgehead atoms. The van der Waals surface area contributed by atoms with Gasteiger partial charge in [0.2, 0.25) is 0 Å². The molecule has 21 heavy (non-hydrogen) atoms. The molecule has 2 aromatic rings. The molecule has 0 aliphatic rings. The van der Waals surface area contributed by atoms with E-state index < -0.39 is 10.0 Å². The van der Waals surface area contributed by atoms with E-state index in [2.05, 4.69) is 27.3 Å². The Bertz CT molecular complexity index is 772. The van der Waals surface area contributed by atoms with Crippen LogP contribution in [0.4, 0.5) is 5.69 Å². The second-order valence-corrected chi connectivity index (χ2v) is 7.23. The van der Waals surface area contributed by atoms with Crippen LogP contribution in [-0.4, -0.2) is 14.2 Å². The van der Waals surface area contributed by atoms with Crippen molar-refractivity contribution in [3.8, 4) is 0 Å². The first-order valence-electron chi connectivity index (χ1n) is 6.34. The summed E-state index contributed by atoms with van der Waals surface area (Å²) in [5.41, 5.74) is 0.924. The zero-order chi connectivity index (χ0) is 15.5. The molecular formula is C15H14INO3S. The molecule has 2 rings (SSSR count). The first kappa shape index (κ1) is 16.0. The number of benzene rings is 2. The summed E-state index contributed by atoms with van der Waals surface area (Å²) in [5, 5.41) is 0. The summed E-state index contributed by atoms with van der Waals surface area (Å²) in [6.45, 7) is 1.74. The monoisotopic (exact) mass is 415 g/mol. The molecule has 2 aromatic carbocycles. The second kappa shape index (κ2) is 6.57. The summed E-state index contributed by atoms with van der Waals surface area (Å²) in [6.07, 6.45) is 0.341. The number of ketones is 1. The fourth-order valence-corrected chi connectivity index (χ4v) is 3.62. The van der Waals surface area contributed by atoms with Gasteiger partial charge in [0.25, 0.3) is 10.0 Å². The zero-order valence-electron chi connectivity index (χ0n) is 11.3. The van der Waals surface area contributed by atoms with E-state index in [1.807, 2.05) is 12.1 Å². The van der Waals surface area contributed by atoms with Crippen LogP contribution in [0, 0.1) is 3.57 Å². The van der Waals surface area contributed by atoms with Gasteiger partial charge >= 0.3 is 0 Å². The van der Waals surface area contributed by atoms with Gasteiger partial charge in [-0.2, -0.15) is 0 Å². The standard InChI is InChI=1S/C15H14INO3S/c1-2-15(18)11-6-5-7-12(10-11)21(19,20)17-14-9-4-3-8-13(14)16/h3-10,17H,2H2,1H3. The predicted octanol–water partition coefficient (Wildman–Crippen LogP) is 3.68. The Balaban J connectivity index is 2.36. The van der Waals surface area contributed by atoms with Crippen molar-refractivity contribution >= 4 is 44.1 Å². The van der Waals surface area contributed by atoms with E-state index in [0.29, 0.717) is 17.7 Å². The molecule has 6 heteroatoms. The van der Waals surface area contributed by atoms with Crippen LogP contribution in [0.5, 0.6) is 0 Å². The number of carbonyl (C=O) groups is 1. The normalized spacial score (nSPS) is 11.1. The quantitative estimate of drug-likeness (QED) is 0.599. The Kier molecular flexibility index (Phi) is 5.00. The molecular weight excluding hydrogens is 401 g/mol. The number of hydrogen-bond donors (Lipinski definition) is 1. The van der Waals surface area contributed by atoms with Crippen molar-refractivity contribution in [2.24, 2.45) is 0 Å². The van der Waals surface area contributed by atoms with E-state index >= 15 is 0 Å². The van der Waals surface area contributed by atoms with Crippen LogP contribution < -0.4 is 4.72 Å². The Morgan fingerprint density at radius 3 is 2.52 bits per heavy atom. The first-order chi connectivity index (χ1) is 9.94. The minimum atomic E-state index is -3.71. The number of rotatable bonds is 5. The van der Waals surface area contributed by atoms with Crippen LogP contribution in [0.3, 0.4) is 0 Å². The van der Waals surface area contributed by atoms with Crippen molar-refractivity contribution in [1.29, 1.82) is 0 Å². The summed E-state index contributed by atoms with van der Waals surface area (Å²) in [4.78, 5) is 11.8. The number of Topliss-reactive ketones (excluding diaryl/α,β-unsaturated/α-hetero) is 1. The number of para-hydroxylation sites is 1. The third kappa shape index (κ3) is 3.82. The van der Waals surface area contributed by atoms with Crippen molar-refractivity contribution in [1.82, 2.24) is 0 Å². The van der Waals surface area contributed by atoms with Crippen LogP contribution in [0.1, 0.15) is 23.7 Å². The van der Waals surface area contributed by atoms with Gasteiger partial charge in [0.1, 0.15) is 0 Å². The lowest BCUT2D eigenvalue weighted by molar-refractivity contribution is 0.0988. The molecule has 0 heterocycles. The highest BCUT2D eigenvalue weighted by molar-refractivity contribution is 14.1. The highest BCUT2D eigenvalue weighted by atomic mass is 127. The molecule has 0 spiro atoms. The molecule has 4 nitrogen and oxygen atoms in total. The average molecular weight is 415 g/mol. The van der Waals surface area contributed by atoms with Crippen LogP contribution in [-0.2, 0) is 10.0 Å². The van der Waals surface area contributed by atoms with Gasteiger partial charge < -0.3 is 0 Å². The lowest BCUT2D eigenvalue weighted by Crippen LogP contribution is -2.14. The molecule has 110 valence electrons. The van der Waals surface area contributed by atoms with Crippen molar-refractivity contribution < 1.29 is 13.2 Å². The molecule has 0 fully saturated rings. The molecule has 0 aliphatic heterocycles. The number of halogens is 1. The lowest BCUT2D eigenvalue weighted by Gasteiger charge is -2.10. The molecule has 1 N–H and O–H groups in total. The molecule has 0 radical (unpaired) electrons. The average Bonchev–Trinajstić information content (AvgIpc) is 2.49. The molecule has 0 atom stereocenters. The topological polar surface area (TPSA) is 63.2 Å². The number of carbonyl (C=O) groups excluding carboxylic acids is 1. The molecule has 0 unspecified atom stereocenters. The Hall–Kier alpha value is -1.41. The molecule has 0 aromatic heterocycles. The SMILES string of the molecule is CCC(=O)c1cccc(S(=O)(=O)Nc2ccccc2I)c1. The van der Waals surface area contributed by atoms with Gasteiger partial charge in [-0.25, -0.2) is 8.42 Å². The third-order valence-electron chi connectivity index (χ3n) is 2.91. The van der Waals surface area contributed by atoms with Crippen LogP contribution in [0.2, 0.25) is 0 Å². The van der Waals surface area contributed by atoms with Gasteiger partial charge in [-0.05, 0) is 46.9 Å². The minimum absolute atomic E-state index is 0.0821. The number of anilines is 1. The smallest absolute Gasteiger partial charge is 0.261 e. The second-order valence-electron chi connectivity index (χ2n) is 4.39. The Labute approximate surface area is 137 Å². The maximum atomic E-state index is 12.4. The highest BCUT2D eigenvalue weighted by Crippen LogP contribution is 2.22. The fraction of sp³-hybridized carbons (Fsp3) is 0.133. The molecule has 0 aliphatic carbocycles.